The normalized spacial score (nSPS) is 24.1. The zero-order valence-corrected chi connectivity index (χ0v) is 11.3. The third-order valence-corrected chi connectivity index (χ3v) is 3.54. The van der Waals surface area contributed by atoms with Gasteiger partial charge in [0.1, 0.15) is 0 Å². The van der Waals surface area contributed by atoms with Crippen molar-refractivity contribution in [3.8, 4) is 5.88 Å². The van der Waals surface area contributed by atoms with E-state index in [0.29, 0.717) is 11.6 Å². The van der Waals surface area contributed by atoms with Crippen LogP contribution in [-0.2, 0) is 4.74 Å². The summed E-state index contributed by atoms with van der Waals surface area (Å²) in [7, 11) is 3.36. The Morgan fingerprint density at radius 2 is 2.17 bits per heavy atom. The third kappa shape index (κ3) is 2.51. The first-order valence-corrected chi connectivity index (χ1v) is 6.18. The number of hydrogen-bond acceptors (Lipinski definition) is 5. The van der Waals surface area contributed by atoms with Gasteiger partial charge < -0.3 is 20.1 Å². The van der Waals surface area contributed by atoms with Crippen molar-refractivity contribution in [1.29, 1.82) is 0 Å². The minimum absolute atomic E-state index is 0.130. The Hall–Kier alpha value is -1.49. The molecule has 2 N–H and O–H groups in total. The molecule has 0 bridgehead atoms. The maximum absolute atomic E-state index is 6.00. The molecule has 1 saturated heterocycles. The van der Waals surface area contributed by atoms with Gasteiger partial charge >= 0.3 is 0 Å². The molecule has 0 radical (unpaired) electrons. The SMILES string of the molecule is COc1ccc(N)c(N2CCCC(C)(OC)C2)n1. The molecule has 0 aromatic carbocycles. The van der Waals surface area contributed by atoms with Crippen LogP contribution in [0.3, 0.4) is 0 Å². The Labute approximate surface area is 108 Å². The number of anilines is 2. The van der Waals surface area contributed by atoms with Gasteiger partial charge in [-0.25, -0.2) is 0 Å². The Morgan fingerprint density at radius 1 is 1.39 bits per heavy atom. The number of nitrogens with zero attached hydrogens (tertiary/aromatic N) is 2. The van der Waals surface area contributed by atoms with Crippen molar-refractivity contribution >= 4 is 11.5 Å². The monoisotopic (exact) mass is 251 g/mol. The minimum Gasteiger partial charge on any atom is -0.481 e. The van der Waals surface area contributed by atoms with E-state index in [-0.39, 0.29) is 5.60 Å². The minimum atomic E-state index is -0.130. The largest absolute Gasteiger partial charge is 0.481 e. The van der Waals surface area contributed by atoms with Gasteiger partial charge in [-0.2, -0.15) is 4.98 Å². The summed E-state index contributed by atoms with van der Waals surface area (Å²) in [6, 6.07) is 3.61. The molecule has 0 saturated carbocycles. The summed E-state index contributed by atoms with van der Waals surface area (Å²) in [5.74, 6) is 1.38. The fourth-order valence-corrected chi connectivity index (χ4v) is 2.36. The number of piperidine rings is 1. The average Bonchev–Trinajstić information content (AvgIpc) is 2.39. The molecule has 1 aromatic heterocycles. The highest BCUT2D eigenvalue weighted by molar-refractivity contribution is 5.64. The molecular formula is C13H21N3O2. The summed E-state index contributed by atoms with van der Waals surface area (Å²) in [6.07, 6.45) is 2.13. The summed E-state index contributed by atoms with van der Waals surface area (Å²) >= 11 is 0. The first kappa shape index (κ1) is 13.0. The Morgan fingerprint density at radius 3 is 2.83 bits per heavy atom. The molecule has 1 atom stereocenters. The zero-order chi connectivity index (χ0) is 13.2. The van der Waals surface area contributed by atoms with Crippen LogP contribution >= 0.6 is 0 Å². The molecule has 1 aliphatic heterocycles. The van der Waals surface area contributed by atoms with Crippen LogP contribution in [0.15, 0.2) is 12.1 Å². The average molecular weight is 251 g/mol. The highest BCUT2D eigenvalue weighted by atomic mass is 16.5. The summed E-state index contributed by atoms with van der Waals surface area (Å²) in [5.41, 5.74) is 6.55. The van der Waals surface area contributed by atoms with E-state index in [9.17, 15) is 0 Å². The molecule has 0 aliphatic carbocycles. The van der Waals surface area contributed by atoms with Crippen molar-refractivity contribution in [2.45, 2.75) is 25.4 Å². The van der Waals surface area contributed by atoms with Gasteiger partial charge in [-0.1, -0.05) is 0 Å². The molecule has 1 aliphatic rings. The van der Waals surface area contributed by atoms with E-state index in [2.05, 4.69) is 16.8 Å². The zero-order valence-electron chi connectivity index (χ0n) is 11.3. The smallest absolute Gasteiger partial charge is 0.215 e. The highest BCUT2D eigenvalue weighted by Gasteiger charge is 2.32. The quantitative estimate of drug-likeness (QED) is 0.885. The van der Waals surface area contributed by atoms with E-state index >= 15 is 0 Å². The van der Waals surface area contributed by atoms with Crippen LogP contribution in [0.2, 0.25) is 0 Å². The van der Waals surface area contributed by atoms with Crippen LogP contribution in [-0.4, -0.2) is 37.9 Å². The lowest BCUT2D eigenvalue weighted by Crippen LogP contribution is -2.48. The van der Waals surface area contributed by atoms with E-state index in [1.54, 1.807) is 20.3 Å². The summed E-state index contributed by atoms with van der Waals surface area (Å²) < 4.78 is 10.7. The molecule has 0 amide bonds. The van der Waals surface area contributed by atoms with Crippen LogP contribution in [0.25, 0.3) is 0 Å². The molecule has 5 nitrogen and oxygen atoms in total. The van der Waals surface area contributed by atoms with Crippen LogP contribution < -0.4 is 15.4 Å². The van der Waals surface area contributed by atoms with E-state index in [0.717, 1.165) is 31.7 Å². The number of hydrogen-bond donors (Lipinski definition) is 1. The van der Waals surface area contributed by atoms with Gasteiger partial charge in [0, 0.05) is 26.3 Å². The summed E-state index contributed by atoms with van der Waals surface area (Å²) in [4.78, 5) is 6.61. The fraction of sp³-hybridized carbons (Fsp3) is 0.615. The molecule has 18 heavy (non-hydrogen) atoms. The lowest BCUT2D eigenvalue weighted by atomic mass is 9.94. The second-order valence-corrected chi connectivity index (χ2v) is 4.95. The molecule has 2 rings (SSSR count). The number of rotatable bonds is 3. The standard InChI is InChI=1S/C13H21N3O2/c1-13(18-3)7-4-8-16(9-13)12-10(14)5-6-11(15-12)17-2/h5-6H,4,7-9,14H2,1-3H3. The predicted molar refractivity (Wildman–Crippen MR) is 72.1 cm³/mol. The number of pyridine rings is 1. The Balaban J connectivity index is 2.25. The maximum atomic E-state index is 6.00. The van der Waals surface area contributed by atoms with Crippen LogP contribution in [0.5, 0.6) is 5.88 Å². The van der Waals surface area contributed by atoms with E-state index in [1.807, 2.05) is 6.07 Å². The van der Waals surface area contributed by atoms with Gasteiger partial charge in [0.25, 0.3) is 0 Å². The predicted octanol–water partition coefficient (Wildman–Crippen LogP) is 1.68. The number of methoxy groups -OCH3 is 2. The number of nitrogens with two attached hydrogens (primary N) is 1. The van der Waals surface area contributed by atoms with Crippen molar-refractivity contribution < 1.29 is 9.47 Å². The third-order valence-electron chi connectivity index (χ3n) is 3.54. The van der Waals surface area contributed by atoms with Gasteiger partial charge in [-0.05, 0) is 25.8 Å². The van der Waals surface area contributed by atoms with Crippen molar-refractivity contribution in [2.24, 2.45) is 0 Å². The lowest BCUT2D eigenvalue weighted by Gasteiger charge is -2.40. The number of nitrogen functional groups attached to an aromatic ring is 1. The van der Waals surface area contributed by atoms with Crippen LogP contribution in [0, 0.1) is 0 Å². The van der Waals surface area contributed by atoms with Crippen molar-refractivity contribution in [2.75, 3.05) is 37.9 Å². The number of ether oxygens (including phenoxy) is 2. The van der Waals surface area contributed by atoms with Gasteiger partial charge in [-0.3, -0.25) is 0 Å². The fourth-order valence-electron chi connectivity index (χ4n) is 2.36. The van der Waals surface area contributed by atoms with Crippen molar-refractivity contribution in [3.63, 3.8) is 0 Å². The Bertz CT molecular complexity index is 425. The topological polar surface area (TPSA) is 60.6 Å². The molecule has 1 unspecified atom stereocenters. The van der Waals surface area contributed by atoms with E-state index < -0.39 is 0 Å². The second-order valence-electron chi connectivity index (χ2n) is 4.95. The second kappa shape index (κ2) is 5.02. The molecule has 5 heteroatoms. The molecular weight excluding hydrogens is 230 g/mol. The first-order valence-electron chi connectivity index (χ1n) is 6.18. The van der Waals surface area contributed by atoms with Crippen LogP contribution in [0.4, 0.5) is 11.5 Å². The molecule has 100 valence electrons. The van der Waals surface area contributed by atoms with Crippen molar-refractivity contribution in [1.82, 2.24) is 4.98 Å². The molecule has 2 heterocycles. The summed E-state index contributed by atoms with van der Waals surface area (Å²) in [6.45, 7) is 3.87. The van der Waals surface area contributed by atoms with Gasteiger partial charge in [0.05, 0.1) is 18.4 Å². The highest BCUT2D eigenvalue weighted by Crippen LogP contribution is 2.31. The van der Waals surface area contributed by atoms with Crippen LogP contribution in [0.1, 0.15) is 19.8 Å². The van der Waals surface area contributed by atoms with Gasteiger partial charge in [0.2, 0.25) is 5.88 Å². The lowest BCUT2D eigenvalue weighted by molar-refractivity contribution is -0.00479. The maximum Gasteiger partial charge on any atom is 0.215 e. The summed E-state index contributed by atoms with van der Waals surface area (Å²) in [5, 5.41) is 0. The first-order chi connectivity index (χ1) is 8.58. The van der Waals surface area contributed by atoms with Gasteiger partial charge in [-0.15, -0.1) is 0 Å². The van der Waals surface area contributed by atoms with E-state index in [1.165, 1.54) is 0 Å². The molecule has 1 fully saturated rings. The Kier molecular flexibility index (Phi) is 3.61. The molecule has 0 spiro atoms. The van der Waals surface area contributed by atoms with Gasteiger partial charge in [0.15, 0.2) is 5.82 Å². The molecule has 1 aromatic rings. The van der Waals surface area contributed by atoms with E-state index in [4.69, 9.17) is 15.2 Å². The van der Waals surface area contributed by atoms with Crippen molar-refractivity contribution in [3.05, 3.63) is 12.1 Å². The number of aromatic nitrogens is 1.